The van der Waals surface area contributed by atoms with Gasteiger partial charge in [-0.1, -0.05) is 63.2 Å². The monoisotopic (exact) mass is 337 g/mol. The molecule has 0 unspecified atom stereocenters. The highest BCUT2D eigenvalue weighted by atomic mass is 16.2. The van der Waals surface area contributed by atoms with Crippen molar-refractivity contribution in [3.63, 3.8) is 0 Å². The summed E-state index contributed by atoms with van der Waals surface area (Å²) in [5, 5.41) is 7.32. The van der Waals surface area contributed by atoms with Gasteiger partial charge >= 0.3 is 0 Å². The van der Waals surface area contributed by atoms with E-state index in [-0.39, 0.29) is 17.9 Å². The summed E-state index contributed by atoms with van der Waals surface area (Å²) in [4.78, 5) is 12.0. The second-order valence-corrected chi connectivity index (χ2v) is 7.23. The van der Waals surface area contributed by atoms with E-state index in [0.29, 0.717) is 0 Å². The Morgan fingerprint density at radius 1 is 1.04 bits per heavy atom. The summed E-state index contributed by atoms with van der Waals surface area (Å²) in [7, 11) is 0. The van der Waals surface area contributed by atoms with Crippen molar-refractivity contribution in [2.75, 3.05) is 11.9 Å². The van der Waals surface area contributed by atoms with Crippen LogP contribution in [0, 0.1) is 6.92 Å². The molecule has 132 valence electrons. The smallest absolute Gasteiger partial charge is 0.259 e. The zero-order valence-corrected chi connectivity index (χ0v) is 15.7. The van der Waals surface area contributed by atoms with Crippen LogP contribution in [0.3, 0.4) is 0 Å². The first-order valence-electron chi connectivity index (χ1n) is 8.51. The van der Waals surface area contributed by atoms with E-state index in [1.54, 1.807) is 0 Å². The predicted molar refractivity (Wildman–Crippen MR) is 105 cm³/mol. The minimum absolute atomic E-state index is 0.124. The second-order valence-electron chi connectivity index (χ2n) is 7.23. The summed E-state index contributed by atoms with van der Waals surface area (Å²) in [6.45, 7) is 10.6. The summed E-state index contributed by atoms with van der Waals surface area (Å²) in [6.07, 6.45) is 0. The van der Waals surface area contributed by atoms with E-state index in [2.05, 4.69) is 48.7 Å². The van der Waals surface area contributed by atoms with Gasteiger partial charge in [-0.15, -0.1) is 0 Å². The van der Waals surface area contributed by atoms with Gasteiger partial charge in [0.25, 0.3) is 5.91 Å². The number of carbonyl (C=O) groups excluding carboxylic acids is 1. The van der Waals surface area contributed by atoms with E-state index < -0.39 is 0 Å². The number of rotatable bonds is 5. The molecule has 0 radical (unpaired) electrons. The summed E-state index contributed by atoms with van der Waals surface area (Å²) in [5.41, 5.74) is 7.84. The van der Waals surface area contributed by atoms with Crippen molar-refractivity contribution >= 4 is 17.3 Å². The van der Waals surface area contributed by atoms with Gasteiger partial charge in [-0.25, -0.2) is 5.43 Å². The molecule has 0 spiro atoms. The molecule has 0 heterocycles. The zero-order chi connectivity index (χ0) is 18.4. The number of benzene rings is 2. The molecular formula is C21H27N3O. The molecule has 0 bridgehead atoms. The summed E-state index contributed by atoms with van der Waals surface area (Å²) >= 11 is 0. The Morgan fingerprint density at radius 3 is 2.28 bits per heavy atom. The number of aryl methyl sites for hydroxylation is 1. The quantitative estimate of drug-likeness (QED) is 0.633. The van der Waals surface area contributed by atoms with Crippen molar-refractivity contribution in [2.24, 2.45) is 5.10 Å². The average molecular weight is 337 g/mol. The fourth-order valence-corrected chi connectivity index (χ4v) is 2.41. The van der Waals surface area contributed by atoms with Gasteiger partial charge in [0.05, 0.1) is 12.3 Å². The number of para-hydroxylation sites is 1. The van der Waals surface area contributed by atoms with E-state index in [1.165, 1.54) is 5.56 Å². The SMILES string of the molecule is C/C(=N/NC(=O)CNc1ccccc1C)c1ccc(C(C)(C)C)cc1. The number of hydrazone groups is 1. The van der Waals surface area contributed by atoms with Gasteiger partial charge in [-0.2, -0.15) is 5.10 Å². The first-order chi connectivity index (χ1) is 11.8. The lowest BCUT2D eigenvalue weighted by Gasteiger charge is -2.19. The Hall–Kier alpha value is -2.62. The Balaban J connectivity index is 1.92. The van der Waals surface area contributed by atoms with Gasteiger partial charge < -0.3 is 5.32 Å². The topological polar surface area (TPSA) is 53.5 Å². The molecule has 2 N–H and O–H groups in total. The highest BCUT2D eigenvalue weighted by molar-refractivity contribution is 5.99. The third-order valence-corrected chi connectivity index (χ3v) is 4.10. The second kappa shape index (κ2) is 7.97. The molecule has 2 aromatic carbocycles. The van der Waals surface area contributed by atoms with Crippen molar-refractivity contribution in [3.8, 4) is 0 Å². The number of carbonyl (C=O) groups is 1. The van der Waals surface area contributed by atoms with Gasteiger partial charge in [-0.05, 0) is 42.0 Å². The minimum Gasteiger partial charge on any atom is -0.376 e. The minimum atomic E-state index is -0.172. The van der Waals surface area contributed by atoms with Gasteiger partial charge in [0, 0.05) is 5.69 Å². The predicted octanol–water partition coefficient (Wildman–Crippen LogP) is 4.24. The molecule has 0 aliphatic heterocycles. The summed E-state index contributed by atoms with van der Waals surface area (Å²) in [6, 6.07) is 16.2. The molecule has 4 nitrogen and oxygen atoms in total. The molecule has 1 amide bonds. The third-order valence-electron chi connectivity index (χ3n) is 4.10. The number of nitrogens with one attached hydrogen (secondary N) is 2. The van der Waals surface area contributed by atoms with E-state index in [9.17, 15) is 4.79 Å². The average Bonchev–Trinajstić information content (AvgIpc) is 2.58. The third kappa shape index (κ3) is 5.45. The van der Waals surface area contributed by atoms with Gasteiger partial charge in [-0.3, -0.25) is 4.79 Å². The number of nitrogens with zero attached hydrogens (tertiary/aromatic N) is 1. The lowest BCUT2D eigenvalue weighted by molar-refractivity contribution is -0.119. The van der Waals surface area contributed by atoms with Crippen LogP contribution in [0.15, 0.2) is 53.6 Å². The summed E-state index contributed by atoms with van der Waals surface area (Å²) < 4.78 is 0. The van der Waals surface area contributed by atoms with Crippen molar-refractivity contribution < 1.29 is 4.79 Å². The standard InChI is InChI=1S/C21H27N3O/c1-15-8-6-7-9-19(15)22-14-20(25)24-23-16(2)17-10-12-18(13-11-17)21(3,4)5/h6-13,22H,14H2,1-5H3,(H,24,25)/b23-16-. The van der Waals surface area contributed by atoms with Crippen molar-refractivity contribution in [3.05, 3.63) is 65.2 Å². The van der Waals surface area contributed by atoms with E-state index >= 15 is 0 Å². The number of anilines is 1. The maximum absolute atomic E-state index is 12.0. The van der Waals surface area contributed by atoms with Crippen LogP contribution in [0.4, 0.5) is 5.69 Å². The highest BCUT2D eigenvalue weighted by Crippen LogP contribution is 2.22. The first-order valence-corrected chi connectivity index (χ1v) is 8.51. The van der Waals surface area contributed by atoms with Crippen molar-refractivity contribution in [1.29, 1.82) is 0 Å². The molecule has 0 saturated heterocycles. The molecule has 2 rings (SSSR count). The van der Waals surface area contributed by atoms with Crippen LogP contribution in [-0.2, 0) is 10.2 Å². The van der Waals surface area contributed by atoms with Crippen molar-refractivity contribution in [1.82, 2.24) is 5.43 Å². The zero-order valence-electron chi connectivity index (χ0n) is 15.7. The summed E-state index contributed by atoms with van der Waals surface area (Å²) in [5.74, 6) is -0.172. The Labute approximate surface area is 150 Å². The van der Waals surface area contributed by atoms with Crippen LogP contribution >= 0.6 is 0 Å². The molecule has 25 heavy (non-hydrogen) atoms. The molecule has 4 heteroatoms. The molecular weight excluding hydrogens is 310 g/mol. The largest absolute Gasteiger partial charge is 0.376 e. The molecule has 0 atom stereocenters. The van der Waals surface area contributed by atoms with Crippen LogP contribution in [-0.4, -0.2) is 18.2 Å². The van der Waals surface area contributed by atoms with Crippen LogP contribution < -0.4 is 10.7 Å². The molecule has 2 aromatic rings. The Morgan fingerprint density at radius 2 is 1.68 bits per heavy atom. The van der Waals surface area contributed by atoms with Crippen LogP contribution in [0.1, 0.15) is 44.4 Å². The van der Waals surface area contributed by atoms with Crippen molar-refractivity contribution in [2.45, 2.75) is 40.0 Å². The number of hydrogen-bond acceptors (Lipinski definition) is 3. The van der Waals surface area contributed by atoms with E-state index in [1.807, 2.05) is 50.2 Å². The molecule has 0 aliphatic rings. The molecule has 0 aliphatic carbocycles. The van der Waals surface area contributed by atoms with Gasteiger partial charge in [0.2, 0.25) is 0 Å². The van der Waals surface area contributed by atoms with E-state index in [4.69, 9.17) is 0 Å². The maximum Gasteiger partial charge on any atom is 0.259 e. The Bertz CT molecular complexity index is 755. The fraction of sp³-hybridized carbons (Fsp3) is 0.333. The van der Waals surface area contributed by atoms with Crippen LogP contribution in [0.5, 0.6) is 0 Å². The maximum atomic E-state index is 12.0. The van der Waals surface area contributed by atoms with Crippen LogP contribution in [0.2, 0.25) is 0 Å². The lowest BCUT2D eigenvalue weighted by Crippen LogP contribution is -2.27. The van der Waals surface area contributed by atoms with Gasteiger partial charge in [0.1, 0.15) is 0 Å². The fourth-order valence-electron chi connectivity index (χ4n) is 2.41. The normalized spacial score (nSPS) is 12.0. The number of amides is 1. The van der Waals surface area contributed by atoms with E-state index in [0.717, 1.165) is 22.5 Å². The molecule has 0 fully saturated rings. The lowest BCUT2D eigenvalue weighted by atomic mass is 9.86. The molecule has 0 saturated carbocycles. The Kier molecular flexibility index (Phi) is 5.97. The first kappa shape index (κ1) is 18.7. The molecule has 0 aromatic heterocycles. The highest BCUT2D eigenvalue weighted by Gasteiger charge is 2.13. The van der Waals surface area contributed by atoms with Crippen LogP contribution in [0.25, 0.3) is 0 Å². The van der Waals surface area contributed by atoms with Gasteiger partial charge in [0.15, 0.2) is 0 Å². The number of hydrogen-bond donors (Lipinski definition) is 2.